The molecule has 0 heterocycles. The lowest BCUT2D eigenvalue weighted by Gasteiger charge is -2.08. The predicted molar refractivity (Wildman–Crippen MR) is 71.1 cm³/mol. The molecule has 0 spiro atoms. The Morgan fingerprint density at radius 2 is 1.55 bits per heavy atom. The van der Waals surface area contributed by atoms with Gasteiger partial charge in [-0.2, -0.15) is 0 Å². The highest BCUT2D eigenvalue weighted by Crippen LogP contribution is 2.11. The topological polar surface area (TPSA) is 49.7 Å². The van der Waals surface area contributed by atoms with Gasteiger partial charge in [-0.15, -0.1) is 0 Å². The van der Waals surface area contributed by atoms with E-state index >= 15 is 0 Å². The summed E-state index contributed by atoms with van der Waals surface area (Å²) in [4.78, 5) is 0. The molecule has 0 amide bonds. The average Bonchev–Trinajstić information content (AvgIpc) is 2.42. The van der Waals surface area contributed by atoms with Crippen molar-refractivity contribution in [2.24, 2.45) is 0 Å². The Kier molecular flexibility index (Phi) is 4.84. The number of benzene rings is 2. The van der Waals surface area contributed by atoms with Gasteiger partial charge in [-0.05, 0) is 17.6 Å². The Labute approximate surface area is 115 Å². The summed E-state index contributed by atoms with van der Waals surface area (Å²) in [6, 6.07) is 10.0. The first-order chi connectivity index (χ1) is 9.58. The molecule has 6 heteroatoms. The van der Waals surface area contributed by atoms with Gasteiger partial charge in [0.2, 0.25) is 0 Å². The van der Waals surface area contributed by atoms with E-state index in [-0.39, 0.29) is 30.1 Å². The summed E-state index contributed by atoms with van der Waals surface area (Å²) in [5.41, 5.74) is 0.737. The van der Waals surface area contributed by atoms with E-state index in [1.807, 2.05) is 0 Å². The second-order valence-corrected chi connectivity index (χ2v) is 4.31. The molecule has 2 aromatic carbocycles. The molecule has 2 N–H and O–H groups in total. The highest BCUT2D eigenvalue weighted by Gasteiger charge is 2.13. The highest BCUT2D eigenvalue weighted by molar-refractivity contribution is 6.58. The molecule has 0 radical (unpaired) electrons. The van der Waals surface area contributed by atoms with Crippen LogP contribution < -0.4 is 5.46 Å². The zero-order valence-corrected chi connectivity index (χ0v) is 10.6. The molecule has 20 heavy (non-hydrogen) atoms. The van der Waals surface area contributed by atoms with E-state index in [2.05, 4.69) is 0 Å². The molecule has 104 valence electrons. The monoisotopic (exact) mass is 278 g/mol. The summed E-state index contributed by atoms with van der Waals surface area (Å²) in [5.74, 6) is -0.962. The Bertz CT molecular complexity index is 590. The van der Waals surface area contributed by atoms with Crippen molar-refractivity contribution in [1.82, 2.24) is 0 Å². The highest BCUT2D eigenvalue weighted by atomic mass is 19.1. The van der Waals surface area contributed by atoms with Crippen molar-refractivity contribution in [3.63, 3.8) is 0 Å². The van der Waals surface area contributed by atoms with Gasteiger partial charge >= 0.3 is 7.12 Å². The molecular formula is C14H13BF2O3. The fourth-order valence-corrected chi connectivity index (χ4v) is 1.73. The van der Waals surface area contributed by atoms with E-state index in [9.17, 15) is 8.78 Å². The van der Waals surface area contributed by atoms with Crippen molar-refractivity contribution >= 4 is 12.6 Å². The smallest absolute Gasteiger partial charge is 0.423 e. The van der Waals surface area contributed by atoms with Crippen LogP contribution in [0.5, 0.6) is 0 Å². The normalized spacial score (nSPS) is 10.6. The van der Waals surface area contributed by atoms with Gasteiger partial charge < -0.3 is 14.8 Å². The third-order valence-electron chi connectivity index (χ3n) is 2.85. The molecule has 2 aromatic rings. The lowest BCUT2D eigenvalue weighted by molar-refractivity contribution is 0.102. The van der Waals surface area contributed by atoms with Crippen LogP contribution in [0.25, 0.3) is 0 Å². The van der Waals surface area contributed by atoms with Gasteiger partial charge in [-0.3, -0.25) is 0 Å². The zero-order chi connectivity index (χ0) is 14.5. The van der Waals surface area contributed by atoms with E-state index < -0.39 is 12.9 Å². The van der Waals surface area contributed by atoms with Crippen molar-refractivity contribution < 1.29 is 23.6 Å². The lowest BCUT2D eigenvalue weighted by Crippen LogP contribution is -2.30. The van der Waals surface area contributed by atoms with Gasteiger partial charge in [0.15, 0.2) is 0 Å². The predicted octanol–water partition coefficient (Wildman–Crippen LogP) is 1.36. The molecule has 0 unspecified atom stereocenters. The van der Waals surface area contributed by atoms with Crippen LogP contribution in [0, 0.1) is 11.6 Å². The Morgan fingerprint density at radius 1 is 0.900 bits per heavy atom. The van der Waals surface area contributed by atoms with Gasteiger partial charge in [0.1, 0.15) is 11.6 Å². The number of halogens is 2. The van der Waals surface area contributed by atoms with E-state index in [4.69, 9.17) is 14.8 Å². The van der Waals surface area contributed by atoms with Crippen molar-refractivity contribution in [3.05, 3.63) is 65.2 Å². The summed E-state index contributed by atoms with van der Waals surface area (Å²) in [7, 11) is -1.71. The Hall–Kier alpha value is -1.76. The van der Waals surface area contributed by atoms with Gasteiger partial charge in [0, 0.05) is 11.1 Å². The maximum absolute atomic E-state index is 13.6. The molecule has 0 aromatic heterocycles. The van der Waals surface area contributed by atoms with Gasteiger partial charge in [0.05, 0.1) is 13.2 Å². The first-order valence-corrected chi connectivity index (χ1v) is 6.03. The maximum atomic E-state index is 13.6. The zero-order valence-electron chi connectivity index (χ0n) is 10.6. The summed E-state index contributed by atoms with van der Waals surface area (Å²) >= 11 is 0. The molecule has 0 bridgehead atoms. The molecule has 0 saturated carbocycles. The third kappa shape index (κ3) is 3.63. The molecule has 0 fully saturated rings. The number of rotatable bonds is 5. The lowest BCUT2D eigenvalue weighted by atomic mass is 9.80. The van der Waals surface area contributed by atoms with E-state index in [0.29, 0.717) is 5.56 Å². The minimum Gasteiger partial charge on any atom is -0.423 e. The third-order valence-corrected chi connectivity index (χ3v) is 2.85. The van der Waals surface area contributed by atoms with Crippen LogP contribution in [0.2, 0.25) is 0 Å². The number of ether oxygens (including phenoxy) is 1. The Balaban J connectivity index is 1.96. The fourth-order valence-electron chi connectivity index (χ4n) is 1.73. The summed E-state index contributed by atoms with van der Waals surface area (Å²) in [6.07, 6.45) is 0. The van der Waals surface area contributed by atoms with Crippen LogP contribution in [0.15, 0.2) is 42.5 Å². The molecule has 0 saturated heterocycles. The molecule has 0 aliphatic carbocycles. The minimum absolute atomic E-state index is 0.0258. The van der Waals surface area contributed by atoms with E-state index in [1.165, 1.54) is 18.2 Å². The standard InChI is InChI=1S/C14H13BF2O3/c16-13-4-2-1-3-10(13)8-20-9-11-5-6-12(15(18)19)7-14(11)17/h1-7,18-19H,8-9H2. The molecular weight excluding hydrogens is 265 g/mol. The van der Waals surface area contributed by atoms with Crippen molar-refractivity contribution in [3.8, 4) is 0 Å². The average molecular weight is 278 g/mol. The first kappa shape index (κ1) is 14.6. The van der Waals surface area contributed by atoms with Crippen LogP contribution in [0.4, 0.5) is 8.78 Å². The summed E-state index contributed by atoms with van der Waals surface area (Å²) in [5, 5.41) is 17.8. The van der Waals surface area contributed by atoms with Crippen molar-refractivity contribution in [2.45, 2.75) is 13.2 Å². The van der Waals surface area contributed by atoms with E-state index in [0.717, 1.165) is 6.07 Å². The molecule has 0 aliphatic rings. The van der Waals surface area contributed by atoms with Crippen molar-refractivity contribution in [1.29, 1.82) is 0 Å². The van der Waals surface area contributed by atoms with Crippen LogP contribution >= 0.6 is 0 Å². The molecule has 0 atom stereocenters. The number of hydrogen-bond donors (Lipinski definition) is 2. The van der Waals surface area contributed by atoms with Crippen LogP contribution in [-0.2, 0) is 18.0 Å². The first-order valence-electron chi connectivity index (χ1n) is 6.03. The van der Waals surface area contributed by atoms with Crippen LogP contribution in [-0.4, -0.2) is 17.2 Å². The van der Waals surface area contributed by atoms with Gasteiger partial charge in [-0.25, -0.2) is 8.78 Å². The van der Waals surface area contributed by atoms with Crippen LogP contribution in [0.3, 0.4) is 0 Å². The Morgan fingerprint density at radius 3 is 2.15 bits per heavy atom. The quantitative estimate of drug-likeness (QED) is 0.812. The SMILES string of the molecule is OB(O)c1ccc(COCc2ccccc2F)c(F)c1. The molecule has 0 aliphatic heterocycles. The second kappa shape index (κ2) is 6.61. The van der Waals surface area contributed by atoms with Gasteiger partial charge in [0.25, 0.3) is 0 Å². The minimum atomic E-state index is -1.71. The number of hydrogen-bond acceptors (Lipinski definition) is 3. The van der Waals surface area contributed by atoms with E-state index in [1.54, 1.807) is 18.2 Å². The molecule has 2 rings (SSSR count). The van der Waals surface area contributed by atoms with Gasteiger partial charge in [-0.1, -0.05) is 30.3 Å². The van der Waals surface area contributed by atoms with Crippen LogP contribution in [0.1, 0.15) is 11.1 Å². The maximum Gasteiger partial charge on any atom is 0.488 e. The second-order valence-electron chi connectivity index (χ2n) is 4.31. The molecule has 3 nitrogen and oxygen atoms in total. The largest absolute Gasteiger partial charge is 0.488 e. The van der Waals surface area contributed by atoms with Crippen molar-refractivity contribution in [2.75, 3.05) is 0 Å². The summed E-state index contributed by atoms with van der Waals surface area (Å²) < 4.78 is 32.2. The summed E-state index contributed by atoms with van der Waals surface area (Å²) in [6.45, 7) is 0.0124. The fraction of sp³-hybridized carbons (Fsp3) is 0.143.